The second-order valence-corrected chi connectivity index (χ2v) is 4.26. The molecule has 5 heteroatoms. The van der Waals surface area contributed by atoms with Crippen molar-refractivity contribution in [3.05, 3.63) is 16.7 Å². The molecule has 0 aliphatic carbocycles. The van der Waals surface area contributed by atoms with Gasteiger partial charge in [-0.05, 0) is 28.9 Å². The van der Waals surface area contributed by atoms with Gasteiger partial charge in [0.1, 0.15) is 5.82 Å². The first-order chi connectivity index (χ1) is 6.65. The topological polar surface area (TPSA) is 54.0 Å². The molecule has 0 bridgehead atoms. The molecular weight excluding hydrogens is 246 g/mol. The lowest BCUT2D eigenvalue weighted by Gasteiger charge is -2.09. The van der Waals surface area contributed by atoms with E-state index in [9.17, 15) is 4.79 Å². The van der Waals surface area contributed by atoms with Gasteiger partial charge in [-0.1, -0.05) is 0 Å². The fraction of sp³-hybridized carbons (Fsp3) is 0.333. The number of fused-ring (bicyclic) bond motifs is 1. The molecule has 74 valence electrons. The zero-order valence-corrected chi connectivity index (χ0v) is 9.26. The summed E-state index contributed by atoms with van der Waals surface area (Å²) in [5.74, 6) is 0.746. The van der Waals surface area contributed by atoms with Crippen LogP contribution in [0.1, 0.15) is 13.3 Å². The summed E-state index contributed by atoms with van der Waals surface area (Å²) in [4.78, 5) is 15.6. The first-order valence-electron chi connectivity index (χ1n) is 4.37. The first-order valence-corrected chi connectivity index (χ1v) is 5.16. The fourth-order valence-corrected chi connectivity index (χ4v) is 1.74. The van der Waals surface area contributed by atoms with Gasteiger partial charge >= 0.3 is 0 Å². The molecular formula is C9H10BrN3O. The zero-order chi connectivity index (χ0) is 10.1. The average Bonchev–Trinajstić information content (AvgIpc) is 2.21. The Balaban J connectivity index is 2.41. The van der Waals surface area contributed by atoms with Crippen molar-refractivity contribution in [2.45, 2.75) is 19.4 Å². The Kier molecular flexibility index (Phi) is 2.41. The van der Waals surface area contributed by atoms with E-state index in [-0.39, 0.29) is 11.9 Å². The Morgan fingerprint density at radius 3 is 3.21 bits per heavy atom. The Morgan fingerprint density at radius 1 is 1.64 bits per heavy atom. The summed E-state index contributed by atoms with van der Waals surface area (Å²) in [6.07, 6.45) is 2.17. The Hall–Kier alpha value is -1.10. The van der Waals surface area contributed by atoms with Gasteiger partial charge in [-0.2, -0.15) is 0 Å². The molecule has 0 radical (unpaired) electrons. The van der Waals surface area contributed by atoms with Crippen molar-refractivity contribution in [3.63, 3.8) is 0 Å². The van der Waals surface area contributed by atoms with Crippen molar-refractivity contribution in [3.8, 4) is 0 Å². The molecule has 1 aliphatic rings. The van der Waals surface area contributed by atoms with Gasteiger partial charge in [0.2, 0.25) is 5.91 Å². The first kappa shape index (κ1) is 9.45. The van der Waals surface area contributed by atoms with Crippen LogP contribution in [0.3, 0.4) is 0 Å². The highest BCUT2D eigenvalue weighted by atomic mass is 79.9. The smallest absolute Gasteiger partial charge is 0.226 e. The summed E-state index contributed by atoms with van der Waals surface area (Å²) < 4.78 is 0.855. The molecule has 14 heavy (non-hydrogen) atoms. The average molecular weight is 256 g/mol. The van der Waals surface area contributed by atoms with Gasteiger partial charge < -0.3 is 10.6 Å². The van der Waals surface area contributed by atoms with Crippen LogP contribution in [0.2, 0.25) is 0 Å². The Morgan fingerprint density at radius 2 is 2.43 bits per heavy atom. The van der Waals surface area contributed by atoms with E-state index in [1.165, 1.54) is 0 Å². The van der Waals surface area contributed by atoms with Crippen LogP contribution in [0.5, 0.6) is 0 Å². The second kappa shape index (κ2) is 3.57. The van der Waals surface area contributed by atoms with Crippen molar-refractivity contribution < 1.29 is 4.79 Å². The number of carbonyl (C=O) groups excluding carboxylic acids is 1. The maximum atomic E-state index is 11.4. The number of anilines is 2. The van der Waals surface area contributed by atoms with Crippen LogP contribution < -0.4 is 10.6 Å². The van der Waals surface area contributed by atoms with E-state index in [1.807, 2.05) is 13.0 Å². The number of amides is 1. The molecule has 2 heterocycles. The van der Waals surface area contributed by atoms with Gasteiger partial charge in [0.05, 0.1) is 5.69 Å². The van der Waals surface area contributed by atoms with E-state index in [0.717, 1.165) is 16.0 Å². The van der Waals surface area contributed by atoms with Crippen molar-refractivity contribution in [2.24, 2.45) is 0 Å². The third-order valence-corrected chi connectivity index (χ3v) is 2.44. The third kappa shape index (κ3) is 1.87. The number of nitrogens with one attached hydrogen (secondary N) is 2. The minimum absolute atomic E-state index is 0.0173. The van der Waals surface area contributed by atoms with Gasteiger partial charge in [-0.15, -0.1) is 0 Å². The number of rotatable bonds is 0. The maximum absolute atomic E-state index is 11.4. The predicted octanol–water partition coefficient (Wildman–Crippen LogP) is 1.99. The summed E-state index contributed by atoms with van der Waals surface area (Å²) in [6, 6.07) is 1.95. The lowest BCUT2D eigenvalue weighted by atomic mass is 10.2. The maximum Gasteiger partial charge on any atom is 0.226 e. The van der Waals surface area contributed by atoms with E-state index in [1.54, 1.807) is 6.20 Å². The normalized spacial score (nSPS) is 20.4. The van der Waals surface area contributed by atoms with Crippen LogP contribution in [-0.2, 0) is 4.79 Å². The van der Waals surface area contributed by atoms with E-state index in [2.05, 4.69) is 31.5 Å². The second-order valence-electron chi connectivity index (χ2n) is 3.35. The minimum atomic E-state index is 0.0173. The molecule has 0 aromatic carbocycles. The van der Waals surface area contributed by atoms with Crippen LogP contribution >= 0.6 is 15.9 Å². The number of halogens is 1. The number of hydrogen-bond acceptors (Lipinski definition) is 3. The number of aromatic nitrogens is 1. The van der Waals surface area contributed by atoms with E-state index in [0.29, 0.717) is 6.42 Å². The number of nitrogens with zero attached hydrogens (tertiary/aromatic N) is 1. The van der Waals surface area contributed by atoms with E-state index < -0.39 is 0 Å². The van der Waals surface area contributed by atoms with Gasteiger partial charge in [0.15, 0.2) is 0 Å². The van der Waals surface area contributed by atoms with Crippen LogP contribution in [0.25, 0.3) is 0 Å². The molecule has 0 saturated carbocycles. The fourth-order valence-electron chi connectivity index (χ4n) is 1.41. The lowest BCUT2D eigenvalue weighted by Crippen LogP contribution is -2.19. The third-order valence-electron chi connectivity index (χ3n) is 2.00. The molecule has 1 unspecified atom stereocenters. The van der Waals surface area contributed by atoms with Crippen LogP contribution in [0.4, 0.5) is 11.5 Å². The summed E-state index contributed by atoms with van der Waals surface area (Å²) in [7, 11) is 0. The minimum Gasteiger partial charge on any atom is -0.365 e. The van der Waals surface area contributed by atoms with Gasteiger partial charge in [-0.3, -0.25) is 4.79 Å². The summed E-state index contributed by atoms with van der Waals surface area (Å²) in [6.45, 7) is 1.96. The van der Waals surface area contributed by atoms with Crippen molar-refractivity contribution in [1.29, 1.82) is 0 Å². The van der Waals surface area contributed by atoms with Crippen molar-refractivity contribution in [1.82, 2.24) is 4.98 Å². The summed E-state index contributed by atoms with van der Waals surface area (Å²) >= 11 is 3.31. The van der Waals surface area contributed by atoms with Crippen molar-refractivity contribution in [2.75, 3.05) is 10.6 Å². The van der Waals surface area contributed by atoms with E-state index >= 15 is 0 Å². The molecule has 1 aromatic rings. The number of pyridine rings is 1. The number of hydrogen-bond donors (Lipinski definition) is 2. The Bertz CT molecular complexity index is 380. The lowest BCUT2D eigenvalue weighted by molar-refractivity contribution is -0.116. The molecule has 0 spiro atoms. The monoisotopic (exact) mass is 255 g/mol. The number of carbonyl (C=O) groups is 1. The van der Waals surface area contributed by atoms with E-state index in [4.69, 9.17) is 0 Å². The molecule has 2 rings (SSSR count). The summed E-state index contributed by atoms with van der Waals surface area (Å²) in [5.41, 5.74) is 0.730. The standard InChI is InChI=1S/C9H10BrN3O/c1-5-2-8(14)13-7-3-6(10)4-11-9(7)12-5/h3-5H,2H2,1H3,(H,11,12)(H,13,14). The van der Waals surface area contributed by atoms with Gasteiger partial charge in [0.25, 0.3) is 0 Å². The highest BCUT2D eigenvalue weighted by molar-refractivity contribution is 9.10. The van der Waals surface area contributed by atoms with Gasteiger partial charge in [0, 0.05) is 23.1 Å². The molecule has 1 aromatic heterocycles. The molecule has 2 N–H and O–H groups in total. The highest BCUT2D eigenvalue weighted by Gasteiger charge is 2.18. The predicted molar refractivity (Wildman–Crippen MR) is 58.3 cm³/mol. The summed E-state index contributed by atoms with van der Waals surface area (Å²) in [5, 5.41) is 5.96. The molecule has 4 nitrogen and oxygen atoms in total. The Labute approximate surface area is 90.2 Å². The molecule has 1 atom stereocenters. The zero-order valence-electron chi connectivity index (χ0n) is 7.67. The van der Waals surface area contributed by atoms with Crippen LogP contribution in [0.15, 0.2) is 16.7 Å². The van der Waals surface area contributed by atoms with Crippen LogP contribution in [0, 0.1) is 0 Å². The highest BCUT2D eigenvalue weighted by Crippen LogP contribution is 2.26. The van der Waals surface area contributed by atoms with Crippen molar-refractivity contribution >= 4 is 33.3 Å². The molecule has 0 saturated heterocycles. The van der Waals surface area contributed by atoms with Crippen LogP contribution in [-0.4, -0.2) is 16.9 Å². The quantitative estimate of drug-likeness (QED) is 0.746. The molecule has 1 amide bonds. The largest absolute Gasteiger partial charge is 0.365 e. The molecule has 0 fully saturated rings. The van der Waals surface area contributed by atoms with Gasteiger partial charge in [-0.25, -0.2) is 4.98 Å². The molecule has 1 aliphatic heterocycles. The SMILES string of the molecule is CC1CC(=O)Nc2cc(Br)cnc2N1.